The first-order valence-corrected chi connectivity index (χ1v) is 6.57. The predicted octanol–water partition coefficient (Wildman–Crippen LogP) is 2.88. The molecule has 0 aliphatic rings. The van der Waals surface area contributed by atoms with Gasteiger partial charge in [-0.15, -0.1) is 0 Å². The van der Waals surface area contributed by atoms with Gasteiger partial charge >= 0.3 is 90.2 Å². The van der Waals surface area contributed by atoms with Crippen LogP contribution in [0.5, 0.6) is 0 Å². The van der Waals surface area contributed by atoms with Gasteiger partial charge in [-0.3, -0.25) is 0 Å². The van der Waals surface area contributed by atoms with Crippen LogP contribution in [-0.2, 0) is 6.42 Å². The van der Waals surface area contributed by atoms with Crippen LogP contribution >= 0.6 is 0 Å². The van der Waals surface area contributed by atoms with Crippen molar-refractivity contribution in [3.8, 4) is 10.1 Å². The molecule has 0 unspecified atom stereocenters. The molecular weight excluding hydrogens is 237 g/mol. The Bertz CT molecular complexity index is 423. The van der Waals surface area contributed by atoms with E-state index in [1.165, 1.54) is 15.7 Å². The van der Waals surface area contributed by atoms with E-state index in [2.05, 4.69) is 47.4 Å². The standard InChI is InChI=1S/C12H13NSe/c1-3-10-7-8-13(4-2)12(10)11-6-5-9-14-11/h4-9H,2-3H2,1H3. The summed E-state index contributed by atoms with van der Waals surface area (Å²) in [6.45, 7) is 6.03. The van der Waals surface area contributed by atoms with Crippen molar-refractivity contribution in [1.29, 1.82) is 0 Å². The van der Waals surface area contributed by atoms with Gasteiger partial charge in [0.25, 0.3) is 0 Å². The van der Waals surface area contributed by atoms with Crippen LogP contribution < -0.4 is 0 Å². The molecule has 0 radical (unpaired) electrons. The van der Waals surface area contributed by atoms with Gasteiger partial charge in [0.2, 0.25) is 0 Å². The van der Waals surface area contributed by atoms with Crippen LogP contribution in [0.1, 0.15) is 12.5 Å². The normalized spacial score (nSPS) is 10.4. The Labute approximate surface area is 90.4 Å². The molecule has 2 rings (SSSR count). The van der Waals surface area contributed by atoms with Crippen LogP contribution in [0.3, 0.4) is 0 Å². The molecule has 72 valence electrons. The van der Waals surface area contributed by atoms with E-state index in [1.807, 2.05) is 6.20 Å². The Morgan fingerprint density at radius 1 is 1.50 bits per heavy atom. The van der Waals surface area contributed by atoms with Crippen LogP contribution in [0, 0.1) is 0 Å². The van der Waals surface area contributed by atoms with Crippen LogP contribution in [0.25, 0.3) is 16.3 Å². The monoisotopic (exact) mass is 251 g/mol. The summed E-state index contributed by atoms with van der Waals surface area (Å²) < 4.78 is 3.58. The second kappa shape index (κ2) is 4.03. The van der Waals surface area contributed by atoms with Gasteiger partial charge in [0.1, 0.15) is 0 Å². The zero-order chi connectivity index (χ0) is 9.97. The molecule has 0 atom stereocenters. The van der Waals surface area contributed by atoms with Crippen molar-refractivity contribution in [1.82, 2.24) is 4.57 Å². The van der Waals surface area contributed by atoms with E-state index in [0.29, 0.717) is 14.5 Å². The topological polar surface area (TPSA) is 4.93 Å². The number of nitrogens with zero attached hydrogens (tertiary/aromatic N) is 1. The molecule has 1 nitrogen and oxygen atoms in total. The van der Waals surface area contributed by atoms with E-state index in [0.717, 1.165) is 6.42 Å². The molecule has 0 aromatic carbocycles. The molecule has 0 fully saturated rings. The summed E-state index contributed by atoms with van der Waals surface area (Å²) in [6, 6.07) is 6.55. The summed E-state index contributed by atoms with van der Waals surface area (Å²) >= 11 is 0.503. The zero-order valence-electron chi connectivity index (χ0n) is 8.23. The third-order valence-corrected chi connectivity index (χ3v) is 4.17. The molecule has 2 aromatic rings. The quantitative estimate of drug-likeness (QED) is 0.738. The first-order chi connectivity index (χ1) is 6.86. The maximum absolute atomic E-state index is 3.83. The Morgan fingerprint density at radius 3 is 2.93 bits per heavy atom. The fourth-order valence-electron chi connectivity index (χ4n) is 1.63. The van der Waals surface area contributed by atoms with E-state index in [-0.39, 0.29) is 0 Å². The number of rotatable bonds is 3. The Balaban J connectivity index is 2.59. The number of aromatic nitrogens is 1. The van der Waals surface area contributed by atoms with Gasteiger partial charge in [-0.25, -0.2) is 0 Å². The third kappa shape index (κ3) is 1.52. The number of hydrogen-bond donors (Lipinski definition) is 0. The molecule has 2 heterocycles. The van der Waals surface area contributed by atoms with E-state index in [4.69, 9.17) is 0 Å². The molecule has 0 bridgehead atoms. The molecule has 0 aliphatic heterocycles. The van der Waals surface area contributed by atoms with Crippen LogP contribution in [0.4, 0.5) is 0 Å². The number of aryl methyl sites for hydroxylation is 1. The predicted molar refractivity (Wildman–Crippen MR) is 62.6 cm³/mol. The van der Waals surface area contributed by atoms with Gasteiger partial charge in [-0.1, -0.05) is 0 Å². The Hall–Kier alpha value is -0.981. The van der Waals surface area contributed by atoms with Gasteiger partial charge in [0.05, 0.1) is 0 Å². The molecule has 2 aromatic heterocycles. The summed E-state index contributed by atoms with van der Waals surface area (Å²) in [7, 11) is 0. The van der Waals surface area contributed by atoms with E-state index >= 15 is 0 Å². The Morgan fingerprint density at radius 2 is 2.36 bits per heavy atom. The minimum atomic E-state index is 0.503. The second-order valence-electron chi connectivity index (χ2n) is 3.11. The van der Waals surface area contributed by atoms with E-state index in [1.54, 1.807) is 0 Å². The maximum atomic E-state index is 3.83. The summed E-state index contributed by atoms with van der Waals surface area (Å²) in [5.74, 6) is 0. The van der Waals surface area contributed by atoms with Gasteiger partial charge < -0.3 is 0 Å². The molecule has 0 aliphatic carbocycles. The van der Waals surface area contributed by atoms with Crippen molar-refractivity contribution in [2.24, 2.45) is 0 Å². The number of hydrogen-bond acceptors (Lipinski definition) is 0. The summed E-state index contributed by atoms with van der Waals surface area (Å²) in [5, 5.41) is 0. The van der Waals surface area contributed by atoms with Crippen molar-refractivity contribution in [2.75, 3.05) is 0 Å². The first kappa shape index (κ1) is 9.57. The SMILES string of the molecule is C=Cn1ccc(CC)c1-c1ccc[se]1. The van der Waals surface area contributed by atoms with Crippen LogP contribution in [-0.4, -0.2) is 19.1 Å². The molecule has 0 spiro atoms. The molecular formula is C12H13NSe. The zero-order valence-corrected chi connectivity index (χ0v) is 9.95. The summed E-state index contributed by atoms with van der Waals surface area (Å²) in [6.07, 6.45) is 5.06. The Kier molecular flexibility index (Phi) is 2.76. The van der Waals surface area contributed by atoms with Gasteiger partial charge in [0.15, 0.2) is 0 Å². The summed E-state index contributed by atoms with van der Waals surface area (Å²) in [4.78, 5) is 2.25. The second-order valence-corrected chi connectivity index (χ2v) is 5.10. The molecule has 0 saturated carbocycles. The van der Waals surface area contributed by atoms with Gasteiger partial charge in [-0.05, 0) is 0 Å². The van der Waals surface area contributed by atoms with Crippen molar-refractivity contribution in [2.45, 2.75) is 13.3 Å². The van der Waals surface area contributed by atoms with Crippen molar-refractivity contribution < 1.29 is 0 Å². The van der Waals surface area contributed by atoms with Crippen molar-refractivity contribution in [3.63, 3.8) is 0 Å². The first-order valence-electron chi connectivity index (χ1n) is 4.73. The van der Waals surface area contributed by atoms with Crippen molar-refractivity contribution >= 4 is 20.7 Å². The molecule has 0 amide bonds. The van der Waals surface area contributed by atoms with Crippen LogP contribution in [0.2, 0.25) is 0 Å². The average Bonchev–Trinajstić information content (AvgIpc) is 2.85. The van der Waals surface area contributed by atoms with Crippen LogP contribution in [0.15, 0.2) is 35.9 Å². The molecule has 2 heteroatoms. The van der Waals surface area contributed by atoms with E-state index < -0.39 is 0 Å². The van der Waals surface area contributed by atoms with Crippen molar-refractivity contribution in [3.05, 3.63) is 41.5 Å². The molecule has 0 N–H and O–H groups in total. The fraction of sp³-hybridized carbons (Fsp3) is 0.167. The molecule has 0 saturated heterocycles. The average molecular weight is 250 g/mol. The minimum absolute atomic E-state index is 0.503. The van der Waals surface area contributed by atoms with E-state index in [9.17, 15) is 0 Å². The molecule has 14 heavy (non-hydrogen) atoms. The summed E-state index contributed by atoms with van der Waals surface area (Å²) in [5.41, 5.74) is 2.77. The van der Waals surface area contributed by atoms with Gasteiger partial charge in [0, 0.05) is 0 Å². The van der Waals surface area contributed by atoms with Gasteiger partial charge in [-0.2, -0.15) is 0 Å². The fourth-order valence-corrected chi connectivity index (χ4v) is 3.32. The third-order valence-electron chi connectivity index (χ3n) is 2.33.